The Hall–Kier alpha value is -2.87. The van der Waals surface area contributed by atoms with Gasteiger partial charge in [0.25, 0.3) is 5.91 Å². The third kappa shape index (κ3) is 5.88. The van der Waals surface area contributed by atoms with E-state index >= 15 is 0 Å². The fourth-order valence-electron chi connectivity index (χ4n) is 3.79. The van der Waals surface area contributed by atoms with E-state index in [1.807, 2.05) is 32.0 Å². The van der Waals surface area contributed by atoms with E-state index in [1.54, 1.807) is 12.1 Å². The Balaban J connectivity index is 1.72. The van der Waals surface area contributed by atoms with Gasteiger partial charge in [0.15, 0.2) is 11.5 Å². The fourth-order valence-corrected chi connectivity index (χ4v) is 3.96. The molecule has 3 rings (SSSR count). The minimum Gasteiger partial charge on any atom is -0.451 e. The topological polar surface area (TPSA) is 109 Å². The van der Waals surface area contributed by atoms with Crippen LogP contribution in [0.1, 0.15) is 37.2 Å². The van der Waals surface area contributed by atoms with Crippen LogP contribution < -0.4 is 10.6 Å². The van der Waals surface area contributed by atoms with Crippen LogP contribution >= 0.6 is 11.6 Å². The molecule has 2 N–H and O–H groups in total. The number of Topliss-reactive ketones (excluding diaryl/α,β-unsaturated/α-hetero) is 1. The lowest BCUT2D eigenvalue weighted by Crippen LogP contribution is -2.49. The van der Waals surface area contributed by atoms with Gasteiger partial charge in [-0.1, -0.05) is 32.0 Å². The van der Waals surface area contributed by atoms with Gasteiger partial charge in [-0.2, -0.15) is 0 Å². The van der Waals surface area contributed by atoms with Crippen LogP contribution in [0.3, 0.4) is 0 Å². The van der Waals surface area contributed by atoms with Gasteiger partial charge in [-0.3, -0.25) is 19.2 Å². The van der Waals surface area contributed by atoms with Gasteiger partial charge < -0.3 is 20.0 Å². The number of ketones is 1. The molecular formula is C23H28ClN3O5. The van der Waals surface area contributed by atoms with Crippen molar-refractivity contribution in [3.05, 3.63) is 36.1 Å². The van der Waals surface area contributed by atoms with E-state index in [2.05, 4.69) is 10.6 Å². The Bertz CT molecular complexity index is 969. The largest absolute Gasteiger partial charge is 0.451 e. The number of nitrogens with one attached hydrogen (secondary N) is 2. The van der Waals surface area contributed by atoms with E-state index in [1.165, 1.54) is 4.90 Å². The normalized spacial score (nSPS) is 16.8. The molecule has 1 aromatic carbocycles. The minimum atomic E-state index is -0.807. The lowest BCUT2D eigenvalue weighted by Gasteiger charge is -2.26. The molecule has 32 heavy (non-hydrogen) atoms. The van der Waals surface area contributed by atoms with Gasteiger partial charge in [0.2, 0.25) is 11.8 Å². The lowest BCUT2D eigenvalue weighted by molar-refractivity contribution is -0.135. The van der Waals surface area contributed by atoms with Gasteiger partial charge in [0.1, 0.15) is 11.5 Å². The molecule has 1 saturated heterocycles. The highest BCUT2D eigenvalue weighted by molar-refractivity contribution is 6.27. The number of nitrogens with zero attached hydrogens (tertiary/aromatic N) is 1. The van der Waals surface area contributed by atoms with Crippen LogP contribution in [0.4, 0.5) is 0 Å². The highest BCUT2D eigenvalue weighted by Gasteiger charge is 2.31. The molecule has 0 unspecified atom stereocenters. The molecule has 2 aromatic rings. The standard InChI is InChI=1S/C23H28ClN3O5/c1-14(2)9-17(26-23(31)20-10-15-5-3-4-6-19(15)32-20)18(28)13-27(21(29)11-24)12-16-7-8-25-22(16)30/h3-6,10,14,16-17H,7-9,11-13H2,1-2H3,(H,25,30)(H,26,31)/t16-,17-/m0/s1. The number of carbonyl (C=O) groups is 4. The second-order valence-corrected chi connectivity index (χ2v) is 8.72. The van der Waals surface area contributed by atoms with Crippen molar-refractivity contribution in [2.75, 3.05) is 25.5 Å². The van der Waals surface area contributed by atoms with E-state index in [0.29, 0.717) is 25.0 Å². The average molecular weight is 462 g/mol. The summed E-state index contributed by atoms with van der Waals surface area (Å²) in [5.41, 5.74) is 0.582. The molecule has 1 fully saturated rings. The Kier molecular flexibility index (Phi) is 7.90. The molecule has 2 atom stereocenters. The summed E-state index contributed by atoms with van der Waals surface area (Å²) < 4.78 is 5.60. The fraction of sp³-hybridized carbons (Fsp3) is 0.478. The zero-order valence-corrected chi connectivity index (χ0v) is 19.0. The Labute approximate surface area is 191 Å². The first kappa shape index (κ1) is 23.8. The monoisotopic (exact) mass is 461 g/mol. The molecule has 0 saturated carbocycles. The number of para-hydroxylation sites is 1. The van der Waals surface area contributed by atoms with Crippen molar-refractivity contribution >= 4 is 46.1 Å². The number of alkyl halides is 1. The molecule has 8 nitrogen and oxygen atoms in total. The molecule has 2 heterocycles. The van der Waals surface area contributed by atoms with Crippen molar-refractivity contribution in [1.29, 1.82) is 0 Å². The maximum absolute atomic E-state index is 13.1. The summed E-state index contributed by atoms with van der Waals surface area (Å²) in [4.78, 5) is 51.5. The highest BCUT2D eigenvalue weighted by Crippen LogP contribution is 2.19. The van der Waals surface area contributed by atoms with Gasteiger partial charge in [-0.15, -0.1) is 11.6 Å². The summed E-state index contributed by atoms with van der Waals surface area (Å²) >= 11 is 5.73. The zero-order chi connectivity index (χ0) is 23.3. The molecule has 3 amide bonds. The third-order valence-corrected chi connectivity index (χ3v) is 5.70. The van der Waals surface area contributed by atoms with Crippen molar-refractivity contribution < 1.29 is 23.6 Å². The van der Waals surface area contributed by atoms with E-state index in [9.17, 15) is 19.2 Å². The van der Waals surface area contributed by atoms with Gasteiger partial charge in [-0.25, -0.2) is 0 Å². The van der Waals surface area contributed by atoms with Crippen molar-refractivity contribution in [2.45, 2.75) is 32.7 Å². The zero-order valence-electron chi connectivity index (χ0n) is 18.2. The Morgan fingerprint density at radius 2 is 2.03 bits per heavy atom. The summed E-state index contributed by atoms with van der Waals surface area (Å²) in [5.74, 6) is -1.80. The molecule has 172 valence electrons. The first-order chi connectivity index (χ1) is 15.3. The first-order valence-corrected chi connectivity index (χ1v) is 11.3. The molecule has 1 aliphatic heterocycles. The van der Waals surface area contributed by atoms with Crippen molar-refractivity contribution in [2.24, 2.45) is 11.8 Å². The van der Waals surface area contributed by atoms with Crippen molar-refractivity contribution in [3.63, 3.8) is 0 Å². The quantitative estimate of drug-likeness (QED) is 0.528. The number of rotatable bonds is 10. The molecule has 0 radical (unpaired) electrons. The summed E-state index contributed by atoms with van der Waals surface area (Å²) in [6, 6.07) is 8.07. The highest BCUT2D eigenvalue weighted by atomic mass is 35.5. The van der Waals surface area contributed by atoms with Crippen LogP contribution in [0.25, 0.3) is 11.0 Å². The second-order valence-electron chi connectivity index (χ2n) is 8.45. The maximum Gasteiger partial charge on any atom is 0.287 e. The molecule has 0 spiro atoms. The summed E-state index contributed by atoms with van der Waals surface area (Å²) in [5, 5.41) is 6.27. The summed E-state index contributed by atoms with van der Waals surface area (Å²) in [6.45, 7) is 4.32. The van der Waals surface area contributed by atoms with E-state index < -0.39 is 17.9 Å². The van der Waals surface area contributed by atoms with Crippen LogP contribution in [-0.2, 0) is 14.4 Å². The molecule has 1 aliphatic rings. The number of benzene rings is 1. The minimum absolute atomic E-state index is 0.115. The third-order valence-electron chi connectivity index (χ3n) is 5.47. The second kappa shape index (κ2) is 10.6. The molecule has 1 aromatic heterocycles. The maximum atomic E-state index is 13.1. The average Bonchev–Trinajstić information content (AvgIpc) is 3.37. The molecule has 0 bridgehead atoms. The van der Waals surface area contributed by atoms with Crippen molar-refractivity contribution in [1.82, 2.24) is 15.5 Å². The molecular weight excluding hydrogens is 434 g/mol. The number of hydrogen-bond acceptors (Lipinski definition) is 5. The predicted molar refractivity (Wildman–Crippen MR) is 120 cm³/mol. The molecule has 0 aliphatic carbocycles. The van der Waals surface area contributed by atoms with E-state index in [-0.39, 0.29) is 48.3 Å². The summed E-state index contributed by atoms with van der Waals surface area (Å²) in [6.07, 6.45) is 0.995. The van der Waals surface area contributed by atoms with Crippen LogP contribution in [0, 0.1) is 11.8 Å². The van der Waals surface area contributed by atoms with E-state index in [4.69, 9.17) is 16.0 Å². The first-order valence-electron chi connectivity index (χ1n) is 10.7. The van der Waals surface area contributed by atoms with Crippen LogP contribution in [0.15, 0.2) is 34.7 Å². The number of fused-ring (bicyclic) bond motifs is 1. The van der Waals surface area contributed by atoms with Gasteiger partial charge in [-0.05, 0) is 30.9 Å². The van der Waals surface area contributed by atoms with Crippen LogP contribution in [0.2, 0.25) is 0 Å². The summed E-state index contributed by atoms with van der Waals surface area (Å²) in [7, 11) is 0. The van der Waals surface area contributed by atoms with Gasteiger partial charge in [0.05, 0.1) is 18.5 Å². The van der Waals surface area contributed by atoms with Gasteiger partial charge in [0, 0.05) is 18.5 Å². The van der Waals surface area contributed by atoms with Crippen LogP contribution in [0.5, 0.6) is 0 Å². The van der Waals surface area contributed by atoms with E-state index in [0.717, 1.165) is 5.39 Å². The number of carbonyl (C=O) groups excluding carboxylic acids is 4. The van der Waals surface area contributed by atoms with Crippen molar-refractivity contribution in [3.8, 4) is 0 Å². The number of amides is 3. The van der Waals surface area contributed by atoms with Crippen LogP contribution in [-0.4, -0.2) is 60.0 Å². The SMILES string of the molecule is CC(C)C[C@H](NC(=O)c1cc2ccccc2o1)C(=O)CN(C[C@@H]1CCNC1=O)C(=O)CCl. The lowest BCUT2D eigenvalue weighted by atomic mass is 9.99. The smallest absolute Gasteiger partial charge is 0.287 e. The number of halogens is 1. The number of furan rings is 1. The Morgan fingerprint density at radius 1 is 1.28 bits per heavy atom. The van der Waals surface area contributed by atoms with Gasteiger partial charge >= 0.3 is 0 Å². The predicted octanol–water partition coefficient (Wildman–Crippen LogP) is 2.35. The number of hydrogen-bond donors (Lipinski definition) is 2. The Morgan fingerprint density at radius 3 is 2.66 bits per heavy atom. The molecule has 9 heteroatoms.